The van der Waals surface area contributed by atoms with E-state index in [2.05, 4.69) is 4.98 Å². The maximum Gasteiger partial charge on any atom is 0.236 e. The van der Waals surface area contributed by atoms with Crippen molar-refractivity contribution < 1.29 is 9.53 Å². The second kappa shape index (κ2) is 6.24. The molecule has 0 aromatic carbocycles. The van der Waals surface area contributed by atoms with Crippen molar-refractivity contribution in [2.24, 2.45) is 11.3 Å². The lowest BCUT2D eigenvalue weighted by atomic mass is 9.81. The molecule has 5 nitrogen and oxygen atoms in total. The summed E-state index contributed by atoms with van der Waals surface area (Å²) in [6.45, 7) is 2.87. The average molecular weight is 303 g/mol. The molecule has 0 N–H and O–H groups in total. The summed E-state index contributed by atoms with van der Waals surface area (Å²) < 4.78 is 5.94. The van der Waals surface area contributed by atoms with Gasteiger partial charge in [-0.05, 0) is 38.9 Å². The highest BCUT2D eigenvalue weighted by molar-refractivity contribution is 5.78. The number of rotatable bonds is 5. The summed E-state index contributed by atoms with van der Waals surface area (Å²) in [6.07, 6.45) is 5.35. The lowest BCUT2D eigenvalue weighted by molar-refractivity contribution is -0.131. The van der Waals surface area contributed by atoms with Crippen molar-refractivity contribution in [2.45, 2.75) is 19.3 Å². The van der Waals surface area contributed by atoms with Gasteiger partial charge in [0.1, 0.15) is 0 Å². The zero-order valence-corrected chi connectivity index (χ0v) is 13.5. The van der Waals surface area contributed by atoms with Crippen molar-refractivity contribution in [1.29, 1.82) is 0 Å². The third-order valence-electron chi connectivity index (χ3n) is 4.99. The standard InChI is InChI=1S/C17H25N3O2/c1-19(2)11-16(21)20-10-14-6-5-8-17(14,12-20)13-22-15-7-3-4-9-18-15/h3-4,7,9,14H,5-6,8,10-13H2,1-2H3/t14-,17+/m1/s1. The molecule has 2 aliphatic rings. The van der Waals surface area contributed by atoms with Crippen LogP contribution in [-0.4, -0.2) is 61.0 Å². The van der Waals surface area contributed by atoms with Gasteiger partial charge >= 0.3 is 0 Å². The van der Waals surface area contributed by atoms with E-state index in [4.69, 9.17) is 4.74 Å². The number of hydrogen-bond acceptors (Lipinski definition) is 4. The van der Waals surface area contributed by atoms with Gasteiger partial charge in [0.2, 0.25) is 11.8 Å². The first-order valence-corrected chi connectivity index (χ1v) is 8.05. The summed E-state index contributed by atoms with van der Waals surface area (Å²) in [5.41, 5.74) is 0.124. The molecular weight excluding hydrogens is 278 g/mol. The second-order valence-corrected chi connectivity index (χ2v) is 6.92. The van der Waals surface area contributed by atoms with Crippen LogP contribution in [0.4, 0.5) is 0 Å². The van der Waals surface area contributed by atoms with E-state index in [9.17, 15) is 4.79 Å². The number of pyridine rings is 1. The van der Waals surface area contributed by atoms with Crippen LogP contribution in [0.2, 0.25) is 0 Å². The third-order valence-corrected chi connectivity index (χ3v) is 4.99. The van der Waals surface area contributed by atoms with Crippen molar-refractivity contribution in [2.75, 3.05) is 40.3 Å². The first-order chi connectivity index (χ1) is 10.6. The predicted octanol–water partition coefficient (Wildman–Crippen LogP) is 1.65. The molecule has 0 spiro atoms. The number of carbonyl (C=O) groups excluding carboxylic acids is 1. The van der Waals surface area contributed by atoms with Crippen LogP contribution in [0, 0.1) is 11.3 Å². The van der Waals surface area contributed by atoms with Gasteiger partial charge in [0.15, 0.2) is 0 Å². The van der Waals surface area contributed by atoms with E-state index in [0.29, 0.717) is 24.9 Å². The highest BCUT2D eigenvalue weighted by Crippen LogP contribution is 2.48. The van der Waals surface area contributed by atoms with Gasteiger partial charge in [-0.3, -0.25) is 4.79 Å². The summed E-state index contributed by atoms with van der Waals surface area (Å²) in [4.78, 5) is 20.5. The molecule has 1 aromatic rings. The van der Waals surface area contributed by atoms with E-state index in [0.717, 1.165) is 19.5 Å². The molecule has 1 aliphatic carbocycles. The monoisotopic (exact) mass is 303 g/mol. The minimum absolute atomic E-state index is 0.124. The average Bonchev–Trinajstić information content (AvgIpc) is 3.02. The van der Waals surface area contributed by atoms with Crippen LogP contribution in [0.25, 0.3) is 0 Å². The maximum absolute atomic E-state index is 12.3. The molecule has 5 heteroatoms. The molecule has 22 heavy (non-hydrogen) atoms. The van der Waals surface area contributed by atoms with Crippen molar-refractivity contribution in [3.63, 3.8) is 0 Å². The van der Waals surface area contributed by atoms with Gasteiger partial charge in [0.25, 0.3) is 0 Å². The minimum atomic E-state index is 0.124. The molecule has 1 aliphatic heterocycles. The van der Waals surface area contributed by atoms with Crippen molar-refractivity contribution >= 4 is 5.91 Å². The molecule has 1 saturated carbocycles. The summed E-state index contributed by atoms with van der Waals surface area (Å²) in [7, 11) is 3.88. The normalized spacial score (nSPS) is 27.2. The Hall–Kier alpha value is -1.62. The number of hydrogen-bond donors (Lipinski definition) is 0. The summed E-state index contributed by atoms with van der Waals surface area (Å²) in [5.74, 6) is 1.49. The topological polar surface area (TPSA) is 45.7 Å². The Morgan fingerprint density at radius 2 is 2.36 bits per heavy atom. The number of carbonyl (C=O) groups is 1. The van der Waals surface area contributed by atoms with E-state index in [1.54, 1.807) is 6.20 Å². The van der Waals surface area contributed by atoms with E-state index in [1.807, 2.05) is 42.1 Å². The fourth-order valence-corrected chi connectivity index (χ4v) is 3.86. The molecular formula is C17H25N3O2. The van der Waals surface area contributed by atoms with Gasteiger partial charge in [-0.2, -0.15) is 0 Å². The Labute approximate surface area is 132 Å². The first-order valence-electron chi connectivity index (χ1n) is 8.05. The molecule has 2 heterocycles. The van der Waals surface area contributed by atoms with Crippen LogP contribution in [0.5, 0.6) is 5.88 Å². The van der Waals surface area contributed by atoms with Crippen LogP contribution < -0.4 is 4.74 Å². The predicted molar refractivity (Wildman–Crippen MR) is 84.6 cm³/mol. The van der Waals surface area contributed by atoms with Gasteiger partial charge in [0.05, 0.1) is 13.2 Å². The van der Waals surface area contributed by atoms with Crippen LogP contribution in [0.15, 0.2) is 24.4 Å². The quantitative estimate of drug-likeness (QED) is 0.830. The number of aromatic nitrogens is 1. The number of amides is 1. The van der Waals surface area contributed by atoms with E-state index in [-0.39, 0.29) is 11.3 Å². The van der Waals surface area contributed by atoms with Gasteiger partial charge in [-0.25, -0.2) is 4.98 Å². The SMILES string of the molecule is CN(C)CC(=O)N1C[C@H]2CCC[C@@]2(COc2ccccn2)C1. The fraction of sp³-hybridized carbons (Fsp3) is 0.647. The van der Waals surface area contributed by atoms with Gasteiger partial charge in [-0.1, -0.05) is 12.5 Å². The number of ether oxygens (including phenoxy) is 1. The van der Waals surface area contributed by atoms with Gasteiger partial charge in [0, 0.05) is 30.8 Å². The fourth-order valence-electron chi connectivity index (χ4n) is 3.86. The molecule has 3 rings (SSSR count). The van der Waals surface area contributed by atoms with E-state index < -0.39 is 0 Å². The number of likely N-dealkylation sites (tertiary alicyclic amines) is 1. The lowest BCUT2D eigenvalue weighted by Gasteiger charge is -2.28. The lowest BCUT2D eigenvalue weighted by Crippen LogP contribution is -2.39. The first kappa shape index (κ1) is 15.3. The Morgan fingerprint density at radius 1 is 1.50 bits per heavy atom. The Balaban J connectivity index is 1.64. The minimum Gasteiger partial charge on any atom is -0.477 e. The molecule has 1 amide bonds. The molecule has 0 bridgehead atoms. The highest BCUT2D eigenvalue weighted by Gasteiger charge is 2.51. The van der Waals surface area contributed by atoms with Crippen LogP contribution >= 0.6 is 0 Å². The maximum atomic E-state index is 12.3. The third kappa shape index (κ3) is 3.09. The molecule has 0 radical (unpaired) electrons. The summed E-state index contributed by atoms with van der Waals surface area (Å²) in [5, 5.41) is 0. The van der Waals surface area contributed by atoms with Gasteiger partial charge < -0.3 is 14.5 Å². The number of fused-ring (bicyclic) bond motifs is 1. The molecule has 1 aromatic heterocycles. The molecule has 0 unspecified atom stereocenters. The molecule has 2 atom stereocenters. The van der Waals surface area contributed by atoms with Crippen LogP contribution in [0.3, 0.4) is 0 Å². The highest BCUT2D eigenvalue weighted by atomic mass is 16.5. The van der Waals surface area contributed by atoms with E-state index in [1.165, 1.54) is 12.8 Å². The van der Waals surface area contributed by atoms with E-state index >= 15 is 0 Å². The Bertz CT molecular complexity index is 520. The zero-order chi connectivity index (χ0) is 15.6. The van der Waals surface area contributed by atoms with Crippen LogP contribution in [-0.2, 0) is 4.79 Å². The molecule has 120 valence electrons. The Kier molecular flexibility index (Phi) is 4.34. The molecule has 1 saturated heterocycles. The Morgan fingerprint density at radius 3 is 3.09 bits per heavy atom. The van der Waals surface area contributed by atoms with Crippen molar-refractivity contribution in [1.82, 2.24) is 14.8 Å². The number of likely N-dealkylation sites (N-methyl/N-ethyl adjacent to an activating group) is 1. The number of nitrogens with zero attached hydrogens (tertiary/aromatic N) is 3. The second-order valence-electron chi connectivity index (χ2n) is 6.92. The van der Waals surface area contributed by atoms with Crippen LogP contribution in [0.1, 0.15) is 19.3 Å². The molecule has 2 fully saturated rings. The summed E-state index contributed by atoms with van der Waals surface area (Å²) in [6, 6.07) is 5.72. The zero-order valence-electron chi connectivity index (χ0n) is 13.5. The summed E-state index contributed by atoms with van der Waals surface area (Å²) >= 11 is 0. The van der Waals surface area contributed by atoms with Gasteiger partial charge in [-0.15, -0.1) is 0 Å². The van der Waals surface area contributed by atoms with Crippen molar-refractivity contribution in [3.8, 4) is 5.88 Å². The largest absolute Gasteiger partial charge is 0.477 e. The smallest absolute Gasteiger partial charge is 0.236 e. The van der Waals surface area contributed by atoms with Crippen molar-refractivity contribution in [3.05, 3.63) is 24.4 Å².